The molecule has 0 spiro atoms. The smallest absolute Gasteiger partial charge is 0.141 e. The average Bonchev–Trinajstić information content (AvgIpc) is 2.27. The molecule has 3 nitrogen and oxygen atoms in total. The summed E-state index contributed by atoms with van der Waals surface area (Å²) < 4.78 is 12.7. The summed E-state index contributed by atoms with van der Waals surface area (Å²) in [6.07, 6.45) is 3.22. The van der Waals surface area contributed by atoms with Crippen LogP contribution in [0.3, 0.4) is 0 Å². The van der Waals surface area contributed by atoms with Crippen LogP contribution >= 0.6 is 0 Å². The van der Waals surface area contributed by atoms with E-state index in [2.05, 4.69) is 24.3 Å². The van der Waals surface area contributed by atoms with E-state index in [1.165, 1.54) is 12.3 Å². The maximum atomic E-state index is 12.7. The summed E-state index contributed by atoms with van der Waals surface area (Å²) in [5.41, 5.74) is 3.51. The molecule has 15 heavy (non-hydrogen) atoms. The molecule has 1 rings (SSSR count). The lowest BCUT2D eigenvalue weighted by molar-refractivity contribution is 0.401. The number of nitrogens with zero attached hydrogens (tertiary/aromatic N) is 1. The molecular weight excluding hydrogens is 193 g/mol. The van der Waals surface area contributed by atoms with Gasteiger partial charge in [0, 0.05) is 0 Å². The minimum atomic E-state index is -0.321. The summed E-state index contributed by atoms with van der Waals surface area (Å²) in [5, 5.41) is 0. The van der Waals surface area contributed by atoms with Gasteiger partial charge in [0.2, 0.25) is 0 Å². The van der Waals surface area contributed by atoms with E-state index < -0.39 is 0 Å². The number of hydrogen-bond donors (Lipinski definition) is 2. The molecule has 2 atom stereocenters. The Bertz CT molecular complexity index is 286. The average molecular weight is 211 g/mol. The first-order valence-electron chi connectivity index (χ1n) is 5.25. The van der Waals surface area contributed by atoms with Crippen LogP contribution in [0.25, 0.3) is 0 Å². The molecule has 1 heterocycles. The fraction of sp³-hybridized carbons (Fsp3) is 0.545. The predicted molar refractivity (Wildman–Crippen MR) is 58.3 cm³/mol. The molecule has 0 aliphatic rings. The normalized spacial score (nSPS) is 14.9. The molecule has 0 aliphatic heterocycles. The van der Waals surface area contributed by atoms with Crippen LogP contribution in [0, 0.1) is 11.7 Å². The summed E-state index contributed by atoms with van der Waals surface area (Å²) in [4.78, 5) is 4.02. The fourth-order valence-electron chi connectivity index (χ4n) is 1.44. The van der Waals surface area contributed by atoms with E-state index in [-0.39, 0.29) is 11.9 Å². The van der Waals surface area contributed by atoms with Crippen LogP contribution in [0.2, 0.25) is 0 Å². The minimum absolute atomic E-state index is 0.000509. The van der Waals surface area contributed by atoms with Crippen LogP contribution in [0.1, 0.15) is 38.4 Å². The van der Waals surface area contributed by atoms with Crippen molar-refractivity contribution in [3.05, 3.63) is 29.8 Å². The second-order valence-corrected chi connectivity index (χ2v) is 3.87. The van der Waals surface area contributed by atoms with E-state index >= 15 is 0 Å². The largest absolute Gasteiger partial charge is 0.271 e. The number of nitrogens with two attached hydrogens (primary N) is 1. The number of aromatic nitrogens is 1. The molecule has 0 radical (unpaired) electrons. The summed E-state index contributed by atoms with van der Waals surface area (Å²) in [5.74, 6) is 5.71. The van der Waals surface area contributed by atoms with E-state index in [1.807, 2.05) is 0 Å². The Kier molecular flexibility index (Phi) is 4.65. The van der Waals surface area contributed by atoms with Crippen molar-refractivity contribution in [2.45, 2.75) is 32.7 Å². The Labute approximate surface area is 89.9 Å². The van der Waals surface area contributed by atoms with Gasteiger partial charge in [0.05, 0.1) is 17.9 Å². The van der Waals surface area contributed by atoms with Crippen LogP contribution in [-0.4, -0.2) is 4.98 Å². The van der Waals surface area contributed by atoms with Crippen molar-refractivity contribution in [2.24, 2.45) is 11.8 Å². The van der Waals surface area contributed by atoms with Crippen molar-refractivity contribution in [1.82, 2.24) is 10.4 Å². The molecule has 0 bridgehead atoms. The summed E-state index contributed by atoms with van der Waals surface area (Å²) in [6, 6.07) is 3.08. The van der Waals surface area contributed by atoms with E-state index in [0.29, 0.717) is 5.92 Å². The van der Waals surface area contributed by atoms with Crippen LogP contribution in [0.15, 0.2) is 18.3 Å². The van der Waals surface area contributed by atoms with Gasteiger partial charge in [0.25, 0.3) is 0 Å². The van der Waals surface area contributed by atoms with Gasteiger partial charge in [-0.15, -0.1) is 0 Å². The van der Waals surface area contributed by atoms with Gasteiger partial charge in [-0.05, 0) is 24.5 Å². The molecule has 84 valence electrons. The topological polar surface area (TPSA) is 50.9 Å². The number of nitrogens with one attached hydrogen (secondary N) is 1. The SMILES string of the molecule is CCC(C)CC(NN)c1ccc(F)cn1. The van der Waals surface area contributed by atoms with Gasteiger partial charge < -0.3 is 0 Å². The lowest BCUT2D eigenvalue weighted by atomic mass is 9.97. The Balaban J connectivity index is 2.69. The molecule has 0 amide bonds. The van der Waals surface area contributed by atoms with E-state index in [1.54, 1.807) is 6.07 Å². The monoisotopic (exact) mass is 211 g/mol. The van der Waals surface area contributed by atoms with Crippen molar-refractivity contribution >= 4 is 0 Å². The highest BCUT2D eigenvalue weighted by Crippen LogP contribution is 2.20. The molecule has 0 aliphatic carbocycles. The van der Waals surface area contributed by atoms with Crippen molar-refractivity contribution < 1.29 is 4.39 Å². The van der Waals surface area contributed by atoms with Crippen molar-refractivity contribution in [3.63, 3.8) is 0 Å². The molecule has 0 aromatic carbocycles. The number of hydrazine groups is 1. The zero-order valence-electron chi connectivity index (χ0n) is 9.20. The minimum Gasteiger partial charge on any atom is -0.271 e. The number of hydrogen-bond acceptors (Lipinski definition) is 3. The lowest BCUT2D eigenvalue weighted by Crippen LogP contribution is -2.30. The van der Waals surface area contributed by atoms with Crippen molar-refractivity contribution in [3.8, 4) is 0 Å². The van der Waals surface area contributed by atoms with Gasteiger partial charge in [-0.3, -0.25) is 16.3 Å². The third-order valence-corrected chi connectivity index (χ3v) is 2.64. The zero-order valence-corrected chi connectivity index (χ0v) is 9.20. The van der Waals surface area contributed by atoms with Crippen LogP contribution < -0.4 is 11.3 Å². The van der Waals surface area contributed by atoms with Crippen molar-refractivity contribution in [1.29, 1.82) is 0 Å². The molecule has 3 N–H and O–H groups in total. The molecule has 0 fully saturated rings. The predicted octanol–water partition coefficient (Wildman–Crippen LogP) is 2.16. The third-order valence-electron chi connectivity index (χ3n) is 2.64. The Hall–Kier alpha value is -1.00. The Morgan fingerprint density at radius 2 is 2.27 bits per heavy atom. The highest BCUT2D eigenvalue weighted by atomic mass is 19.1. The van der Waals surface area contributed by atoms with Crippen LogP contribution in [-0.2, 0) is 0 Å². The Morgan fingerprint density at radius 3 is 2.73 bits per heavy atom. The fourth-order valence-corrected chi connectivity index (χ4v) is 1.44. The molecular formula is C11H18FN3. The molecule has 0 saturated heterocycles. The second kappa shape index (κ2) is 5.78. The molecule has 4 heteroatoms. The number of rotatable bonds is 5. The summed E-state index contributed by atoms with van der Waals surface area (Å²) >= 11 is 0. The number of pyridine rings is 1. The third kappa shape index (κ3) is 3.57. The van der Waals surface area contributed by atoms with Crippen LogP contribution in [0.5, 0.6) is 0 Å². The first-order chi connectivity index (χ1) is 7.17. The van der Waals surface area contributed by atoms with E-state index in [9.17, 15) is 4.39 Å². The van der Waals surface area contributed by atoms with Gasteiger partial charge in [0.1, 0.15) is 5.82 Å². The summed E-state index contributed by atoms with van der Waals surface area (Å²) in [6.45, 7) is 4.30. The van der Waals surface area contributed by atoms with Gasteiger partial charge in [-0.1, -0.05) is 20.3 Å². The first kappa shape index (κ1) is 12.1. The quantitative estimate of drug-likeness (QED) is 0.579. The maximum Gasteiger partial charge on any atom is 0.141 e. The van der Waals surface area contributed by atoms with Gasteiger partial charge in [-0.25, -0.2) is 4.39 Å². The summed E-state index contributed by atoms with van der Waals surface area (Å²) in [7, 11) is 0. The molecule has 0 saturated carbocycles. The molecule has 1 aromatic rings. The molecule has 1 aromatic heterocycles. The maximum absolute atomic E-state index is 12.7. The van der Waals surface area contributed by atoms with Gasteiger partial charge >= 0.3 is 0 Å². The Morgan fingerprint density at radius 1 is 1.53 bits per heavy atom. The van der Waals surface area contributed by atoms with E-state index in [4.69, 9.17) is 5.84 Å². The standard InChI is InChI=1S/C11H18FN3/c1-3-8(2)6-11(15-13)10-5-4-9(12)7-14-10/h4-5,7-8,11,15H,3,6,13H2,1-2H3. The highest BCUT2D eigenvalue weighted by Gasteiger charge is 2.14. The highest BCUT2D eigenvalue weighted by molar-refractivity contribution is 5.09. The van der Waals surface area contributed by atoms with Crippen molar-refractivity contribution in [2.75, 3.05) is 0 Å². The molecule has 2 unspecified atom stereocenters. The number of halogens is 1. The van der Waals surface area contributed by atoms with E-state index in [0.717, 1.165) is 18.5 Å². The van der Waals surface area contributed by atoms with Crippen LogP contribution in [0.4, 0.5) is 4.39 Å². The van der Waals surface area contributed by atoms with Gasteiger partial charge in [-0.2, -0.15) is 0 Å². The lowest BCUT2D eigenvalue weighted by Gasteiger charge is -2.18. The first-order valence-corrected chi connectivity index (χ1v) is 5.25. The zero-order chi connectivity index (χ0) is 11.3. The van der Waals surface area contributed by atoms with Gasteiger partial charge in [0.15, 0.2) is 0 Å². The second-order valence-electron chi connectivity index (χ2n) is 3.87.